The zero-order valence-electron chi connectivity index (χ0n) is 7.72. The Kier molecular flexibility index (Phi) is 4.99. The van der Waals surface area contributed by atoms with Crippen LogP contribution in [0.15, 0.2) is 23.1 Å². The monoisotopic (exact) mass is 292 g/mol. The molecule has 0 aromatic heterocycles. The molecule has 0 unspecified atom stereocenters. The van der Waals surface area contributed by atoms with Gasteiger partial charge in [0.15, 0.2) is 0 Å². The Balaban J connectivity index is 2.84. The van der Waals surface area contributed by atoms with Crippen LogP contribution >= 0.6 is 39.3 Å². The molecule has 0 aliphatic rings. The molecule has 0 heterocycles. The molecule has 4 heteroatoms. The minimum absolute atomic E-state index is 0.180. The second-order valence-electron chi connectivity index (χ2n) is 2.82. The van der Waals surface area contributed by atoms with E-state index in [1.54, 1.807) is 11.8 Å². The van der Waals surface area contributed by atoms with E-state index in [-0.39, 0.29) is 5.78 Å². The molecule has 0 N–H and O–H groups in total. The van der Waals surface area contributed by atoms with Crippen molar-refractivity contribution < 1.29 is 4.79 Å². The van der Waals surface area contributed by atoms with Crippen LogP contribution in [0.3, 0.4) is 0 Å². The molecule has 1 aromatic carbocycles. The largest absolute Gasteiger partial charge is 0.298 e. The van der Waals surface area contributed by atoms with Crippen LogP contribution in [0.1, 0.15) is 5.56 Å². The maximum atomic E-state index is 11.2. The molecule has 76 valence electrons. The predicted octanol–water partition coefficient (Wildman–Crippen LogP) is 3.57. The van der Waals surface area contributed by atoms with E-state index in [4.69, 9.17) is 11.6 Å². The summed E-state index contributed by atoms with van der Waals surface area (Å²) in [6, 6.07) is 5.69. The van der Waals surface area contributed by atoms with Crippen LogP contribution in [-0.2, 0) is 11.2 Å². The van der Waals surface area contributed by atoms with Crippen molar-refractivity contribution in [1.29, 1.82) is 0 Å². The van der Waals surface area contributed by atoms with Crippen LogP contribution in [0.5, 0.6) is 0 Å². The van der Waals surface area contributed by atoms with Gasteiger partial charge in [-0.2, -0.15) is 0 Å². The third-order valence-corrected chi connectivity index (χ3v) is 3.61. The third kappa shape index (κ3) is 3.30. The lowest BCUT2D eigenvalue weighted by Crippen LogP contribution is -2.03. The van der Waals surface area contributed by atoms with E-state index in [1.165, 1.54) is 0 Å². The summed E-state index contributed by atoms with van der Waals surface area (Å²) in [6.07, 6.45) is 2.44. The normalized spacial score (nSPS) is 10.2. The first-order valence-corrected chi connectivity index (χ1v) is 6.80. The van der Waals surface area contributed by atoms with Crippen LogP contribution in [0, 0.1) is 0 Å². The lowest BCUT2D eigenvalue weighted by atomic mass is 10.1. The van der Waals surface area contributed by atoms with Gasteiger partial charge >= 0.3 is 0 Å². The lowest BCUT2D eigenvalue weighted by molar-refractivity contribution is -0.115. The second-order valence-corrected chi connectivity index (χ2v) is 4.63. The number of ketones is 1. The minimum atomic E-state index is 0.180. The van der Waals surface area contributed by atoms with Gasteiger partial charge in [-0.3, -0.25) is 4.79 Å². The molecule has 0 saturated heterocycles. The SMILES string of the molecule is CSc1cc(CC(=O)CBr)ccc1Cl. The topological polar surface area (TPSA) is 17.1 Å². The number of Topliss-reactive ketones (excluding diaryl/α,β-unsaturated/α-hetero) is 1. The number of hydrogen-bond acceptors (Lipinski definition) is 2. The summed E-state index contributed by atoms with van der Waals surface area (Å²) in [5.74, 6) is 0.180. The third-order valence-electron chi connectivity index (χ3n) is 1.77. The van der Waals surface area contributed by atoms with E-state index in [2.05, 4.69) is 15.9 Å². The van der Waals surface area contributed by atoms with Crippen molar-refractivity contribution in [3.05, 3.63) is 28.8 Å². The molecular formula is C10H10BrClOS. The van der Waals surface area contributed by atoms with E-state index >= 15 is 0 Å². The van der Waals surface area contributed by atoms with Gasteiger partial charge in [0.05, 0.1) is 10.4 Å². The molecule has 0 aliphatic heterocycles. The summed E-state index contributed by atoms with van der Waals surface area (Å²) in [5.41, 5.74) is 1.02. The molecule has 0 radical (unpaired) electrons. The van der Waals surface area contributed by atoms with Crippen LogP contribution < -0.4 is 0 Å². The van der Waals surface area contributed by atoms with Gasteiger partial charge in [-0.25, -0.2) is 0 Å². The van der Waals surface area contributed by atoms with E-state index < -0.39 is 0 Å². The van der Waals surface area contributed by atoms with Gasteiger partial charge in [-0.05, 0) is 24.0 Å². The molecule has 1 aromatic rings. The number of benzene rings is 1. The highest BCUT2D eigenvalue weighted by Crippen LogP contribution is 2.26. The van der Waals surface area contributed by atoms with Crippen LogP contribution in [0.4, 0.5) is 0 Å². The number of alkyl halides is 1. The van der Waals surface area contributed by atoms with Gasteiger partial charge in [0.25, 0.3) is 0 Å². The standard InChI is InChI=1S/C10H10BrClOS/c1-14-10-5-7(2-3-9(10)12)4-8(13)6-11/h2-3,5H,4,6H2,1H3. The Labute approximate surface area is 101 Å². The number of rotatable bonds is 4. The molecule has 0 amide bonds. The highest BCUT2D eigenvalue weighted by Gasteiger charge is 2.04. The van der Waals surface area contributed by atoms with Crippen LogP contribution in [0.25, 0.3) is 0 Å². The first-order valence-electron chi connectivity index (χ1n) is 4.07. The summed E-state index contributed by atoms with van der Waals surface area (Å²) in [7, 11) is 0. The fourth-order valence-corrected chi connectivity index (χ4v) is 2.17. The van der Waals surface area contributed by atoms with Gasteiger partial charge < -0.3 is 0 Å². The highest BCUT2D eigenvalue weighted by molar-refractivity contribution is 9.09. The molecule has 0 atom stereocenters. The van der Waals surface area contributed by atoms with Crippen molar-refractivity contribution in [2.45, 2.75) is 11.3 Å². The van der Waals surface area contributed by atoms with Gasteiger partial charge in [-0.15, -0.1) is 11.8 Å². The maximum absolute atomic E-state index is 11.2. The number of carbonyl (C=O) groups excluding carboxylic acids is 1. The van der Waals surface area contributed by atoms with E-state index in [0.717, 1.165) is 15.5 Å². The van der Waals surface area contributed by atoms with Crippen molar-refractivity contribution in [3.63, 3.8) is 0 Å². The van der Waals surface area contributed by atoms with Gasteiger partial charge in [-0.1, -0.05) is 33.6 Å². The molecule has 1 nitrogen and oxygen atoms in total. The Hall–Kier alpha value is 0.01000. The summed E-state index contributed by atoms with van der Waals surface area (Å²) in [4.78, 5) is 12.2. The van der Waals surface area contributed by atoms with E-state index in [0.29, 0.717) is 11.8 Å². The summed E-state index contributed by atoms with van der Waals surface area (Å²) in [6.45, 7) is 0. The van der Waals surface area contributed by atoms with E-state index in [1.807, 2.05) is 24.5 Å². The van der Waals surface area contributed by atoms with Crippen molar-refractivity contribution in [3.8, 4) is 0 Å². The Morgan fingerprint density at radius 2 is 2.29 bits per heavy atom. The fraction of sp³-hybridized carbons (Fsp3) is 0.300. The van der Waals surface area contributed by atoms with Crippen LogP contribution in [-0.4, -0.2) is 17.4 Å². The maximum Gasteiger partial charge on any atom is 0.147 e. The average molecular weight is 294 g/mol. The number of thioether (sulfide) groups is 1. The van der Waals surface area contributed by atoms with Crippen molar-refractivity contribution in [2.24, 2.45) is 0 Å². The first kappa shape index (κ1) is 12.1. The molecule has 1 rings (SSSR count). The highest BCUT2D eigenvalue weighted by atomic mass is 79.9. The smallest absolute Gasteiger partial charge is 0.147 e. The van der Waals surface area contributed by atoms with E-state index in [9.17, 15) is 4.79 Å². The Bertz CT molecular complexity index is 341. The summed E-state index contributed by atoms with van der Waals surface area (Å²) in [5, 5.41) is 1.15. The number of carbonyl (C=O) groups is 1. The number of hydrogen-bond donors (Lipinski definition) is 0. The first-order chi connectivity index (χ1) is 6.67. The van der Waals surface area contributed by atoms with Crippen molar-refractivity contribution in [1.82, 2.24) is 0 Å². The zero-order valence-corrected chi connectivity index (χ0v) is 10.9. The molecule has 0 bridgehead atoms. The molecular weight excluding hydrogens is 284 g/mol. The Morgan fingerprint density at radius 1 is 1.57 bits per heavy atom. The number of halogens is 2. The summed E-state index contributed by atoms with van der Waals surface area (Å²) < 4.78 is 0. The molecule has 0 aliphatic carbocycles. The predicted molar refractivity (Wildman–Crippen MR) is 65.7 cm³/mol. The minimum Gasteiger partial charge on any atom is -0.298 e. The van der Waals surface area contributed by atoms with Crippen molar-refractivity contribution in [2.75, 3.05) is 11.6 Å². The second kappa shape index (κ2) is 5.79. The van der Waals surface area contributed by atoms with Crippen molar-refractivity contribution >= 4 is 45.1 Å². The van der Waals surface area contributed by atoms with Gasteiger partial charge in [0.1, 0.15) is 5.78 Å². The fourth-order valence-electron chi connectivity index (χ4n) is 1.09. The van der Waals surface area contributed by atoms with Crippen LogP contribution in [0.2, 0.25) is 5.02 Å². The molecule has 14 heavy (non-hydrogen) atoms. The van der Waals surface area contributed by atoms with Gasteiger partial charge in [0.2, 0.25) is 0 Å². The quantitative estimate of drug-likeness (QED) is 0.623. The molecule has 0 spiro atoms. The molecule has 0 saturated carbocycles. The lowest BCUT2D eigenvalue weighted by Gasteiger charge is -2.03. The summed E-state index contributed by atoms with van der Waals surface area (Å²) >= 11 is 10.7. The average Bonchev–Trinajstić information content (AvgIpc) is 2.20. The zero-order chi connectivity index (χ0) is 10.6. The van der Waals surface area contributed by atoms with Gasteiger partial charge in [0, 0.05) is 11.3 Å². The molecule has 0 fully saturated rings. The Morgan fingerprint density at radius 3 is 2.86 bits per heavy atom.